The lowest BCUT2D eigenvalue weighted by Crippen LogP contribution is -2.20. The summed E-state index contributed by atoms with van der Waals surface area (Å²) in [7, 11) is 3.48. The summed E-state index contributed by atoms with van der Waals surface area (Å²) in [4.78, 5) is 21.6. The minimum absolute atomic E-state index is 0.0884. The largest absolute Gasteiger partial charge is 0.493 e. The first-order valence-corrected chi connectivity index (χ1v) is 10.7. The number of hydrogen-bond donors (Lipinski definition) is 2. The molecule has 0 unspecified atom stereocenters. The molecule has 0 radical (unpaired) electrons. The first-order chi connectivity index (χ1) is 15.8. The molecular weight excluding hydrogens is 420 g/mol. The fourth-order valence-electron chi connectivity index (χ4n) is 3.28. The molecule has 3 N–H and O–H groups in total. The van der Waals surface area contributed by atoms with Crippen molar-refractivity contribution in [2.45, 2.75) is 33.6 Å². The Morgan fingerprint density at radius 3 is 2.39 bits per heavy atom. The van der Waals surface area contributed by atoms with E-state index in [1.165, 1.54) is 5.56 Å². The minimum Gasteiger partial charge on any atom is -0.493 e. The number of para-hydroxylation sites is 2. The second kappa shape index (κ2) is 12.3. The predicted molar refractivity (Wildman–Crippen MR) is 129 cm³/mol. The summed E-state index contributed by atoms with van der Waals surface area (Å²) in [6, 6.07) is 14.8. The monoisotopic (exact) mass is 452 g/mol. The Kier molecular flexibility index (Phi) is 9.47. The first kappa shape index (κ1) is 25.5. The van der Waals surface area contributed by atoms with Gasteiger partial charge in [0.15, 0.2) is 11.5 Å². The Balaban J connectivity index is 0.000000176. The van der Waals surface area contributed by atoms with Crippen LogP contribution < -0.4 is 20.5 Å². The van der Waals surface area contributed by atoms with Crippen LogP contribution in [-0.2, 0) is 18.3 Å². The molecule has 1 aromatic heterocycles. The quantitative estimate of drug-likeness (QED) is 0.626. The van der Waals surface area contributed by atoms with Gasteiger partial charge >= 0.3 is 0 Å². The van der Waals surface area contributed by atoms with E-state index in [2.05, 4.69) is 10.4 Å². The number of benzene rings is 2. The number of nitrogens with two attached hydrogens (primary N) is 1. The van der Waals surface area contributed by atoms with E-state index in [1.807, 2.05) is 64.2 Å². The number of aryl methyl sites for hydroxylation is 3. The first-order valence-electron chi connectivity index (χ1n) is 10.7. The Bertz CT molecular complexity index is 1090. The van der Waals surface area contributed by atoms with E-state index in [9.17, 15) is 9.59 Å². The Labute approximate surface area is 194 Å². The number of methoxy groups -OCH3 is 1. The van der Waals surface area contributed by atoms with Crippen LogP contribution in [0.2, 0.25) is 0 Å². The van der Waals surface area contributed by atoms with E-state index in [0.29, 0.717) is 18.6 Å². The molecule has 8 nitrogen and oxygen atoms in total. The summed E-state index contributed by atoms with van der Waals surface area (Å²) in [5, 5.41) is 7.04. The fourth-order valence-corrected chi connectivity index (χ4v) is 3.28. The highest BCUT2D eigenvalue weighted by molar-refractivity contribution is 5.93. The maximum absolute atomic E-state index is 11.0. The van der Waals surface area contributed by atoms with Crippen LogP contribution in [0.3, 0.4) is 0 Å². The molecule has 33 heavy (non-hydrogen) atoms. The van der Waals surface area contributed by atoms with Crippen molar-refractivity contribution in [3.8, 4) is 11.5 Å². The van der Waals surface area contributed by atoms with Crippen LogP contribution in [0.5, 0.6) is 11.5 Å². The zero-order valence-electron chi connectivity index (χ0n) is 19.8. The summed E-state index contributed by atoms with van der Waals surface area (Å²) in [6.07, 6.45) is 1.40. The zero-order chi connectivity index (χ0) is 24.4. The van der Waals surface area contributed by atoms with Crippen molar-refractivity contribution in [1.29, 1.82) is 0 Å². The molecule has 0 saturated carbocycles. The van der Waals surface area contributed by atoms with Crippen molar-refractivity contribution in [2.75, 3.05) is 19.0 Å². The lowest BCUT2D eigenvalue weighted by Gasteiger charge is -2.13. The molecular formula is C25H32N4O4. The van der Waals surface area contributed by atoms with Gasteiger partial charge < -0.3 is 20.5 Å². The molecule has 8 heteroatoms. The molecule has 2 aromatic carbocycles. The third-order valence-electron chi connectivity index (χ3n) is 4.88. The highest BCUT2D eigenvalue weighted by Gasteiger charge is 2.20. The number of anilines is 1. The number of rotatable bonds is 4. The molecule has 0 saturated heterocycles. The van der Waals surface area contributed by atoms with Gasteiger partial charge in [-0.2, -0.15) is 5.10 Å². The standard InChI is InChI=1S/C9H12O2.C8H11N3O.C8H9NO/c1-3-11-9-7-5-4-6-8(9)10-2;1-5-6-3-4-7(12)9-8(6)11(2)10-5;1-6-3-2-4-7(5-6)8(9)10/h4-7H,3H2,1-2H3;3-4H2,1-2H3,(H,9,12);2-5H,1H3,(H2,9,10). The number of hydrogen-bond acceptors (Lipinski definition) is 5. The predicted octanol–water partition coefficient (Wildman–Crippen LogP) is 3.80. The van der Waals surface area contributed by atoms with Crippen LogP contribution in [0, 0.1) is 13.8 Å². The van der Waals surface area contributed by atoms with Crippen molar-refractivity contribution >= 4 is 17.6 Å². The molecule has 176 valence electrons. The maximum atomic E-state index is 11.0. The van der Waals surface area contributed by atoms with Gasteiger partial charge in [-0.3, -0.25) is 14.3 Å². The number of aromatic nitrogens is 2. The molecule has 0 spiro atoms. The SMILES string of the molecule is CCOc1ccccc1OC.Cc1cccc(C(N)=O)c1.Cc1nn(C)c2c1CCC(=O)N2. The summed E-state index contributed by atoms with van der Waals surface area (Å²) < 4.78 is 12.1. The molecule has 1 aliphatic heterocycles. The maximum Gasteiger partial charge on any atom is 0.248 e. The number of carbonyl (C=O) groups is 2. The molecule has 0 fully saturated rings. The van der Waals surface area contributed by atoms with Gasteiger partial charge in [0.05, 0.1) is 19.4 Å². The van der Waals surface area contributed by atoms with Crippen LogP contribution in [0.15, 0.2) is 48.5 Å². The Hall–Kier alpha value is -3.81. The van der Waals surface area contributed by atoms with E-state index in [4.69, 9.17) is 15.2 Å². The normalized spacial score (nSPS) is 11.6. The van der Waals surface area contributed by atoms with E-state index >= 15 is 0 Å². The number of nitrogens with zero attached hydrogens (tertiary/aromatic N) is 2. The second-order valence-electron chi connectivity index (χ2n) is 7.40. The van der Waals surface area contributed by atoms with Crippen LogP contribution in [0.4, 0.5) is 5.82 Å². The van der Waals surface area contributed by atoms with Gasteiger partial charge in [0, 0.05) is 24.6 Å². The molecule has 4 rings (SSSR count). The summed E-state index contributed by atoms with van der Waals surface area (Å²) >= 11 is 0. The molecule has 0 aliphatic carbocycles. The number of nitrogens with one attached hydrogen (secondary N) is 1. The van der Waals surface area contributed by atoms with Gasteiger partial charge in [-0.15, -0.1) is 0 Å². The van der Waals surface area contributed by atoms with Crippen LogP contribution in [0.1, 0.15) is 40.5 Å². The van der Waals surface area contributed by atoms with Gasteiger partial charge in [0.25, 0.3) is 0 Å². The van der Waals surface area contributed by atoms with Gasteiger partial charge in [-0.05, 0) is 51.5 Å². The molecule has 2 heterocycles. The smallest absolute Gasteiger partial charge is 0.248 e. The number of amides is 2. The molecule has 0 bridgehead atoms. The number of ether oxygens (including phenoxy) is 2. The lowest BCUT2D eigenvalue weighted by atomic mass is 10.1. The van der Waals surface area contributed by atoms with Crippen molar-refractivity contribution in [3.63, 3.8) is 0 Å². The van der Waals surface area contributed by atoms with E-state index in [1.54, 1.807) is 23.9 Å². The van der Waals surface area contributed by atoms with Gasteiger partial charge in [0.2, 0.25) is 11.8 Å². The van der Waals surface area contributed by atoms with Gasteiger partial charge in [0.1, 0.15) is 5.82 Å². The summed E-state index contributed by atoms with van der Waals surface area (Å²) in [5.41, 5.74) is 8.86. The third-order valence-corrected chi connectivity index (χ3v) is 4.88. The summed E-state index contributed by atoms with van der Waals surface area (Å²) in [6.45, 7) is 6.51. The number of carbonyl (C=O) groups excluding carboxylic acids is 2. The van der Waals surface area contributed by atoms with Crippen molar-refractivity contribution in [3.05, 3.63) is 70.9 Å². The van der Waals surface area contributed by atoms with E-state index in [0.717, 1.165) is 35.0 Å². The zero-order valence-corrected chi connectivity index (χ0v) is 19.8. The Morgan fingerprint density at radius 1 is 1.12 bits per heavy atom. The van der Waals surface area contributed by atoms with Crippen molar-refractivity contribution in [2.24, 2.45) is 12.8 Å². The average Bonchev–Trinajstić information content (AvgIpc) is 3.08. The highest BCUT2D eigenvalue weighted by atomic mass is 16.5. The molecule has 1 aliphatic rings. The van der Waals surface area contributed by atoms with E-state index < -0.39 is 0 Å². The topological polar surface area (TPSA) is 108 Å². The third kappa shape index (κ3) is 7.38. The fraction of sp³-hybridized carbons (Fsp3) is 0.320. The summed E-state index contributed by atoms with van der Waals surface area (Å²) in [5.74, 6) is 2.17. The van der Waals surface area contributed by atoms with Gasteiger partial charge in [-0.25, -0.2) is 0 Å². The number of primary amides is 1. The molecule has 3 aromatic rings. The highest BCUT2D eigenvalue weighted by Crippen LogP contribution is 2.25. The van der Waals surface area contributed by atoms with Crippen LogP contribution >= 0.6 is 0 Å². The van der Waals surface area contributed by atoms with E-state index in [-0.39, 0.29) is 11.8 Å². The lowest BCUT2D eigenvalue weighted by molar-refractivity contribution is -0.116. The molecule has 0 atom stereocenters. The molecule has 2 amide bonds. The number of fused-ring (bicyclic) bond motifs is 1. The Morgan fingerprint density at radius 2 is 1.82 bits per heavy atom. The van der Waals surface area contributed by atoms with Gasteiger partial charge in [-0.1, -0.05) is 29.8 Å². The van der Waals surface area contributed by atoms with Crippen LogP contribution in [0.25, 0.3) is 0 Å². The van der Waals surface area contributed by atoms with Crippen molar-refractivity contribution < 1.29 is 19.1 Å². The minimum atomic E-state index is -0.372. The second-order valence-corrected chi connectivity index (χ2v) is 7.40. The van der Waals surface area contributed by atoms with Crippen molar-refractivity contribution in [1.82, 2.24) is 9.78 Å². The van der Waals surface area contributed by atoms with Crippen LogP contribution in [-0.4, -0.2) is 35.3 Å². The average molecular weight is 453 g/mol.